The molecule has 3 rings (SSSR count). The smallest absolute Gasteiger partial charge is 0.287 e. The number of hydrogen-bond acceptors (Lipinski definition) is 6. The monoisotopic (exact) mass is 385 g/mol. The van der Waals surface area contributed by atoms with Crippen LogP contribution in [0.15, 0.2) is 34.7 Å². The number of nitrogens with one attached hydrogen (secondary N) is 1. The molecule has 2 amide bonds. The molecule has 1 aliphatic heterocycles. The molecule has 2 heterocycles. The maximum atomic E-state index is 12.4. The van der Waals surface area contributed by atoms with Crippen LogP contribution in [-0.2, 0) is 11.3 Å². The Kier molecular flexibility index (Phi) is 5.79. The van der Waals surface area contributed by atoms with Gasteiger partial charge in [-0.25, -0.2) is 0 Å². The molecule has 0 atom stereocenters. The highest BCUT2D eigenvalue weighted by molar-refractivity contribution is 6.01. The van der Waals surface area contributed by atoms with Gasteiger partial charge in [-0.3, -0.25) is 19.3 Å². The van der Waals surface area contributed by atoms with Gasteiger partial charge < -0.3 is 19.4 Å². The number of rotatable bonds is 7. The van der Waals surface area contributed by atoms with E-state index in [4.69, 9.17) is 9.15 Å². The first-order valence-corrected chi connectivity index (χ1v) is 8.95. The Balaban J connectivity index is 1.75. The molecule has 2 aromatic rings. The summed E-state index contributed by atoms with van der Waals surface area (Å²) in [6, 6.07) is 8.22. The molecule has 0 spiro atoms. The van der Waals surface area contributed by atoms with Crippen molar-refractivity contribution < 1.29 is 23.5 Å². The maximum Gasteiger partial charge on any atom is 0.287 e. The van der Waals surface area contributed by atoms with E-state index >= 15 is 0 Å². The number of anilines is 1. The fourth-order valence-corrected chi connectivity index (χ4v) is 2.82. The summed E-state index contributed by atoms with van der Waals surface area (Å²) in [5, 5.41) is 2.78. The zero-order valence-electron chi connectivity index (χ0n) is 16.2. The Hall–Kier alpha value is -3.13. The highest BCUT2D eigenvalue weighted by Crippen LogP contribution is 2.34. The van der Waals surface area contributed by atoms with Crippen LogP contribution in [0.1, 0.15) is 33.6 Å². The van der Waals surface area contributed by atoms with Gasteiger partial charge in [0.15, 0.2) is 18.2 Å². The van der Waals surface area contributed by atoms with Crippen LogP contribution in [-0.4, -0.2) is 56.3 Å². The number of ketones is 1. The lowest BCUT2D eigenvalue weighted by Gasteiger charge is -2.29. The first kappa shape index (κ1) is 19.6. The molecule has 0 unspecified atom stereocenters. The second-order valence-electron chi connectivity index (χ2n) is 6.83. The van der Waals surface area contributed by atoms with E-state index in [1.54, 1.807) is 30.3 Å². The first-order valence-electron chi connectivity index (χ1n) is 8.95. The van der Waals surface area contributed by atoms with Gasteiger partial charge in [-0.2, -0.15) is 0 Å². The molecule has 8 heteroatoms. The Morgan fingerprint density at radius 3 is 2.71 bits per heavy atom. The predicted octanol–water partition coefficient (Wildman–Crippen LogP) is 1.70. The van der Waals surface area contributed by atoms with Gasteiger partial charge in [-0.15, -0.1) is 0 Å². The van der Waals surface area contributed by atoms with Crippen LogP contribution in [0.2, 0.25) is 0 Å². The van der Waals surface area contributed by atoms with Crippen molar-refractivity contribution in [1.29, 1.82) is 0 Å². The number of fused-ring (bicyclic) bond motifs is 1. The molecule has 1 aromatic carbocycles. The minimum Gasteiger partial charge on any atom is -0.482 e. The lowest BCUT2D eigenvalue weighted by molar-refractivity contribution is -0.121. The van der Waals surface area contributed by atoms with E-state index in [1.165, 1.54) is 11.8 Å². The van der Waals surface area contributed by atoms with Gasteiger partial charge in [0.1, 0.15) is 11.5 Å². The molecule has 1 N–H and O–H groups in total. The summed E-state index contributed by atoms with van der Waals surface area (Å²) in [7, 11) is 3.84. The van der Waals surface area contributed by atoms with E-state index in [-0.39, 0.29) is 36.5 Å². The van der Waals surface area contributed by atoms with E-state index in [1.807, 2.05) is 19.0 Å². The van der Waals surface area contributed by atoms with E-state index < -0.39 is 0 Å². The van der Waals surface area contributed by atoms with E-state index in [9.17, 15) is 14.4 Å². The molecular formula is C20H23N3O5. The summed E-state index contributed by atoms with van der Waals surface area (Å²) in [5.41, 5.74) is 1.000. The summed E-state index contributed by atoms with van der Waals surface area (Å²) >= 11 is 0. The minimum absolute atomic E-state index is 0.0923. The van der Waals surface area contributed by atoms with E-state index in [0.717, 1.165) is 6.54 Å². The van der Waals surface area contributed by atoms with Crippen molar-refractivity contribution in [3.63, 3.8) is 0 Å². The third-order valence-corrected chi connectivity index (χ3v) is 4.35. The summed E-state index contributed by atoms with van der Waals surface area (Å²) < 4.78 is 11.1. The standard InChI is InChI=1S/C20H23N3O5/c1-13(24)14-4-6-17-16(10-14)23(19(25)12-27-17)11-15-5-7-18(28-15)20(26)21-8-9-22(2)3/h4-7,10H,8-9,11-12H2,1-3H3,(H,21,26). The number of likely N-dealkylation sites (N-methyl/N-ethyl adjacent to an activating group) is 1. The highest BCUT2D eigenvalue weighted by atomic mass is 16.5. The molecule has 0 radical (unpaired) electrons. The summed E-state index contributed by atoms with van der Waals surface area (Å²) in [6.07, 6.45) is 0. The molecule has 0 aliphatic carbocycles. The largest absolute Gasteiger partial charge is 0.482 e. The van der Waals surface area contributed by atoms with Crippen LogP contribution >= 0.6 is 0 Å². The van der Waals surface area contributed by atoms with Gasteiger partial charge in [-0.1, -0.05) is 0 Å². The Labute approximate surface area is 163 Å². The van der Waals surface area contributed by atoms with Crippen molar-refractivity contribution in [2.45, 2.75) is 13.5 Å². The summed E-state index contributed by atoms with van der Waals surface area (Å²) in [6.45, 7) is 2.74. The zero-order valence-corrected chi connectivity index (χ0v) is 16.2. The van der Waals surface area contributed by atoms with Crippen LogP contribution in [0, 0.1) is 0 Å². The molecular weight excluding hydrogens is 362 g/mol. The number of carbonyl (C=O) groups excluding carboxylic acids is 3. The maximum absolute atomic E-state index is 12.4. The quantitative estimate of drug-likeness (QED) is 0.730. The van der Waals surface area contributed by atoms with Crippen LogP contribution < -0.4 is 15.0 Å². The van der Waals surface area contributed by atoms with Gasteiger partial charge in [0.2, 0.25) is 0 Å². The van der Waals surface area contributed by atoms with Gasteiger partial charge in [0, 0.05) is 18.7 Å². The lowest BCUT2D eigenvalue weighted by atomic mass is 10.1. The van der Waals surface area contributed by atoms with E-state index in [2.05, 4.69) is 5.32 Å². The van der Waals surface area contributed by atoms with Crippen molar-refractivity contribution in [2.24, 2.45) is 0 Å². The number of amides is 2. The highest BCUT2D eigenvalue weighted by Gasteiger charge is 2.27. The third-order valence-electron chi connectivity index (χ3n) is 4.35. The van der Waals surface area contributed by atoms with Crippen molar-refractivity contribution in [1.82, 2.24) is 10.2 Å². The normalized spacial score (nSPS) is 13.3. The van der Waals surface area contributed by atoms with Crippen molar-refractivity contribution >= 4 is 23.3 Å². The molecule has 0 fully saturated rings. The number of hydrogen-bond donors (Lipinski definition) is 1. The molecule has 8 nitrogen and oxygen atoms in total. The van der Waals surface area contributed by atoms with Crippen LogP contribution in [0.25, 0.3) is 0 Å². The number of benzene rings is 1. The minimum atomic E-state index is -0.305. The van der Waals surface area contributed by atoms with Crippen LogP contribution in [0.5, 0.6) is 5.75 Å². The number of Topliss-reactive ketones (excluding diaryl/α,β-unsaturated/α-hetero) is 1. The lowest BCUT2D eigenvalue weighted by Crippen LogP contribution is -2.38. The number of nitrogens with zero attached hydrogens (tertiary/aromatic N) is 2. The molecule has 1 aromatic heterocycles. The fraction of sp³-hybridized carbons (Fsp3) is 0.350. The molecule has 0 saturated carbocycles. The van der Waals surface area contributed by atoms with Gasteiger partial charge in [-0.05, 0) is 51.4 Å². The molecule has 148 valence electrons. The molecule has 1 aliphatic rings. The van der Waals surface area contributed by atoms with Gasteiger partial charge in [0.05, 0.1) is 12.2 Å². The van der Waals surface area contributed by atoms with Gasteiger partial charge in [0.25, 0.3) is 11.8 Å². The van der Waals surface area contributed by atoms with Crippen molar-refractivity contribution in [3.8, 4) is 5.75 Å². The van der Waals surface area contributed by atoms with Crippen LogP contribution in [0.3, 0.4) is 0 Å². The number of furan rings is 1. The summed E-state index contributed by atoms with van der Waals surface area (Å²) in [5.74, 6) is 0.523. The third kappa shape index (κ3) is 4.40. The second kappa shape index (κ2) is 8.26. The number of carbonyl (C=O) groups is 3. The molecule has 28 heavy (non-hydrogen) atoms. The van der Waals surface area contributed by atoms with Crippen molar-refractivity contribution in [3.05, 3.63) is 47.4 Å². The Morgan fingerprint density at radius 2 is 2.00 bits per heavy atom. The first-order chi connectivity index (χ1) is 13.3. The number of ether oxygens (including phenoxy) is 1. The Morgan fingerprint density at radius 1 is 1.21 bits per heavy atom. The average Bonchev–Trinajstić information content (AvgIpc) is 3.12. The second-order valence-corrected chi connectivity index (χ2v) is 6.83. The zero-order chi connectivity index (χ0) is 20.3. The SMILES string of the molecule is CC(=O)c1ccc2c(c1)N(Cc1ccc(C(=O)NCCN(C)C)o1)C(=O)CO2. The van der Waals surface area contributed by atoms with E-state index in [0.29, 0.717) is 29.3 Å². The molecule has 0 saturated heterocycles. The molecule has 0 bridgehead atoms. The van der Waals surface area contributed by atoms with Gasteiger partial charge >= 0.3 is 0 Å². The van der Waals surface area contributed by atoms with Crippen molar-refractivity contribution in [2.75, 3.05) is 38.7 Å². The topological polar surface area (TPSA) is 92.1 Å². The predicted molar refractivity (Wildman–Crippen MR) is 103 cm³/mol. The van der Waals surface area contributed by atoms with Crippen LogP contribution in [0.4, 0.5) is 5.69 Å². The Bertz CT molecular complexity index is 903. The fourth-order valence-electron chi connectivity index (χ4n) is 2.82. The summed E-state index contributed by atoms with van der Waals surface area (Å²) in [4.78, 5) is 39.7. The average molecular weight is 385 g/mol.